The van der Waals surface area contributed by atoms with Gasteiger partial charge >= 0.3 is 0 Å². The minimum absolute atomic E-state index is 0.0615. The second kappa shape index (κ2) is 7.27. The molecule has 0 aliphatic carbocycles. The Kier molecular flexibility index (Phi) is 4.91. The van der Waals surface area contributed by atoms with E-state index < -0.39 is 6.10 Å². The molecule has 1 N–H and O–H groups in total. The van der Waals surface area contributed by atoms with Gasteiger partial charge in [0.25, 0.3) is 0 Å². The highest BCUT2D eigenvalue weighted by Gasteiger charge is 2.17. The topological polar surface area (TPSA) is 58.4 Å². The zero-order chi connectivity index (χ0) is 16.9. The van der Waals surface area contributed by atoms with E-state index in [4.69, 9.17) is 0 Å². The molecule has 0 saturated carbocycles. The first-order chi connectivity index (χ1) is 11.6. The van der Waals surface area contributed by atoms with Crippen molar-refractivity contribution in [1.29, 1.82) is 0 Å². The van der Waals surface area contributed by atoms with E-state index in [-0.39, 0.29) is 12.5 Å². The first kappa shape index (κ1) is 16.2. The number of fused-ring (bicyclic) bond motifs is 1. The average Bonchev–Trinajstić information content (AvgIpc) is 2.98. The summed E-state index contributed by atoms with van der Waals surface area (Å²) in [6.07, 6.45) is 1.19. The van der Waals surface area contributed by atoms with Crippen molar-refractivity contribution in [2.24, 2.45) is 0 Å². The standard InChI is InChI=1S/C19H21N3O2/c1-15(23)12-21(13-16-7-3-2-4-8-16)19(24)14-22-18-10-6-5-9-17(18)11-20-22/h2-11,15,23H,12-14H2,1H3. The number of hydrogen-bond donors (Lipinski definition) is 1. The lowest BCUT2D eigenvalue weighted by Crippen LogP contribution is -2.38. The van der Waals surface area contributed by atoms with Crippen LogP contribution in [-0.4, -0.2) is 38.3 Å². The van der Waals surface area contributed by atoms with Crippen molar-refractivity contribution in [3.8, 4) is 0 Å². The van der Waals surface area contributed by atoms with Gasteiger partial charge in [0.2, 0.25) is 5.91 Å². The first-order valence-electron chi connectivity index (χ1n) is 8.04. The maximum atomic E-state index is 12.7. The number of carbonyl (C=O) groups is 1. The Labute approximate surface area is 141 Å². The molecule has 1 aromatic heterocycles. The number of aliphatic hydroxyl groups is 1. The predicted octanol–water partition coefficient (Wildman–Crippen LogP) is 2.45. The van der Waals surface area contributed by atoms with Crippen LogP contribution < -0.4 is 0 Å². The van der Waals surface area contributed by atoms with Crippen molar-refractivity contribution >= 4 is 16.8 Å². The average molecular weight is 323 g/mol. The van der Waals surface area contributed by atoms with E-state index in [0.29, 0.717) is 13.1 Å². The van der Waals surface area contributed by atoms with E-state index >= 15 is 0 Å². The van der Waals surface area contributed by atoms with Crippen molar-refractivity contribution in [1.82, 2.24) is 14.7 Å². The molecule has 0 fully saturated rings. The van der Waals surface area contributed by atoms with Crippen LogP contribution in [0.3, 0.4) is 0 Å². The highest BCUT2D eigenvalue weighted by atomic mass is 16.3. The van der Waals surface area contributed by atoms with Crippen molar-refractivity contribution < 1.29 is 9.90 Å². The summed E-state index contributed by atoms with van der Waals surface area (Å²) in [7, 11) is 0. The lowest BCUT2D eigenvalue weighted by atomic mass is 10.2. The van der Waals surface area contributed by atoms with E-state index in [2.05, 4.69) is 5.10 Å². The van der Waals surface area contributed by atoms with Gasteiger partial charge in [0, 0.05) is 18.5 Å². The number of hydrogen-bond acceptors (Lipinski definition) is 3. The Morgan fingerprint density at radius 3 is 2.62 bits per heavy atom. The maximum absolute atomic E-state index is 12.7. The fraction of sp³-hybridized carbons (Fsp3) is 0.263. The molecule has 0 spiro atoms. The van der Waals surface area contributed by atoms with Gasteiger partial charge in [-0.1, -0.05) is 48.5 Å². The summed E-state index contributed by atoms with van der Waals surface area (Å²) in [5.74, 6) is -0.0615. The molecule has 0 saturated heterocycles. The van der Waals surface area contributed by atoms with Crippen molar-refractivity contribution in [2.75, 3.05) is 6.54 Å². The molecule has 24 heavy (non-hydrogen) atoms. The van der Waals surface area contributed by atoms with Crippen LogP contribution in [0.25, 0.3) is 10.9 Å². The van der Waals surface area contributed by atoms with Crippen LogP contribution >= 0.6 is 0 Å². The zero-order valence-corrected chi connectivity index (χ0v) is 13.7. The Balaban J connectivity index is 1.78. The highest BCUT2D eigenvalue weighted by Crippen LogP contribution is 2.13. The third-order valence-corrected chi connectivity index (χ3v) is 3.89. The van der Waals surface area contributed by atoms with Gasteiger partial charge in [-0.3, -0.25) is 9.48 Å². The number of aliphatic hydroxyl groups excluding tert-OH is 1. The van der Waals surface area contributed by atoms with E-state index in [1.54, 1.807) is 22.7 Å². The van der Waals surface area contributed by atoms with Crippen LogP contribution in [0.4, 0.5) is 0 Å². The third-order valence-electron chi connectivity index (χ3n) is 3.89. The summed E-state index contributed by atoms with van der Waals surface area (Å²) in [5.41, 5.74) is 1.97. The molecule has 3 rings (SSSR count). The summed E-state index contributed by atoms with van der Waals surface area (Å²) in [5, 5.41) is 15.1. The molecule has 1 atom stereocenters. The van der Waals surface area contributed by atoms with Gasteiger partial charge in [-0.2, -0.15) is 5.10 Å². The molecule has 124 valence electrons. The highest BCUT2D eigenvalue weighted by molar-refractivity contribution is 5.82. The van der Waals surface area contributed by atoms with Gasteiger partial charge in [0.1, 0.15) is 6.54 Å². The van der Waals surface area contributed by atoms with Crippen molar-refractivity contribution in [3.05, 3.63) is 66.4 Å². The molecule has 0 aliphatic rings. The van der Waals surface area contributed by atoms with E-state index in [1.165, 1.54) is 0 Å². The normalized spacial score (nSPS) is 12.2. The van der Waals surface area contributed by atoms with Crippen LogP contribution in [0.5, 0.6) is 0 Å². The van der Waals surface area contributed by atoms with Gasteiger partial charge in [-0.25, -0.2) is 0 Å². The zero-order valence-electron chi connectivity index (χ0n) is 13.7. The van der Waals surface area contributed by atoms with E-state index in [9.17, 15) is 9.90 Å². The largest absolute Gasteiger partial charge is 0.392 e. The monoisotopic (exact) mass is 323 g/mol. The molecular weight excluding hydrogens is 302 g/mol. The van der Waals surface area contributed by atoms with Gasteiger partial charge in [-0.15, -0.1) is 0 Å². The van der Waals surface area contributed by atoms with Gasteiger partial charge in [0.05, 0.1) is 17.8 Å². The van der Waals surface area contributed by atoms with Crippen LogP contribution in [0.1, 0.15) is 12.5 Å². The molecule has 3 aromatic rings. The lowest BCUT2D eigenvalue weighted by Gasteiger charge is -2.24. The minimum Gasteiger partial charge on any atom is -0.392 e. The van der Waals surface area contributed by atoms with Crippen molar-refractivity contribution in [3.63, 3.8) is 0 Å². The summed E-state index contributed by atoms with van der Waals surface area (Å²) in [6, 6.07) is 17.6. The van der Waals surface area contributed by atoms with Crippen LogP contribution in [0.2, 0.25) is 0 Å². The molecule has 0 bridgehead atoms. The summed E-state index contributed by atoms with van der Waals surface area (Å²) >= 11 is 0. The van der Waals surface area contributed by atoms with E-state index in [0.717, 1.165) is 16.5 Å². The quantitative estimate of drug-likeness (QED) is 0.758. The fourth-order valence-electron chi connectivity index (χ4n) is 2.76. The van der Waals surface area contributed by atoms with E-state index in [1.807, 2.05) is 54.6 Å². The van der Waals surface area contributed by atoms with Crippen LogP contribution in [0.15, 0.2) is 60.8 Å². The number of benzene rings is 2. The van der Waals surface area contributed by atoms with Gasteiger partial charge < -0.3 is 10.0 Å². The number of para-hydroxylation sites is 1. The Hall–Kier alpha value is -2.66. The molecule has 5 nitrogen and oxygen atoms in total. The molecule has 0 radical (unpaired) electrons. The van der Waals surface area contributed by atoms with Gasteiger partial charge in [-0.05, 0) is 18.6 Å². The minimum atomic E-state index is -0.577. The first-order valence-corrected chi connectivity index (χ1v) is 8.04. The summed E-state index contributed by atoms with van der Waals surface area (Å²) in [4.78, 5) is 14.4. The summed E-state index contributed by atoms with van der Waals surface area (Å²) in [6.45, 7) is 2.62. The molecular formula is C19H21N3O2. The summed E-state index contributed by atoms with van der Waals surface area (Å²) < 4.78 is 1.71. The maximum Gasteiger partial charge on any atom is 0.244 e. The number of aromatic nitrogens is 2. The Bertz CT molecular complexity index is 812. The molecule has 5 heteroatoms. The predicted molar refractivity (Wildman–Crippen MR) is 93.3 cm³/mol. The third kappa shape index (κ3) is 3.81. The molecule has 2 aromatic carbocycles. The SMILES string of the molecule is CC(O)CN(Cc1ccccc1)C(=O)Cn1ncc2ccccc21. The molecule has 0 aliphatic heterocycles. The second-order valence-electron chi connectivity index (χ2n) is 5.97. The Morgan fingerprint density at radius 1 is 1.17 bits per heavy atom. The smallest absolute Gasteiger partial charge is 0.244 e. The molecule has 1 heterocycles. The molecule has 1 amide bonds. The Morgan fingerprint density at radius 2 is 1.88 bits per heavy atom. The number of amides is 1. The van der Waals surface area contributed by atoms with Crippen LogP contribution in [0, 0.1) is 0 Å². The lowest BCUT2D eigenvalue weighted by molar-refractivity contribution is -0.133. The van der Waals surface area contributed by atoms with Crippen LogP contribution in [-0.2, 0) is 17.9 Å². The molecule has 1 unspecified atom stereocenters. The number of rotatable bonds is 6. The number of carbonyl (C=O) groups excluding carboxylic acids is 1. The number of nitrogens with zero attached hydrogens (tertiary/aromatic N) is 3. The second-order valence-corrected chi connectivity index (χ2v) is 5.97. The van der Waals surface area contributed by atoms with Crippen molar-refractivity contribution in [2.45, 2.75) is 26.1 Å². The van der Waals surface area contributed by atoms with Gasteiger partial charge in [0.15, 0.2) is 0 Å². The fourth-order valence-corrected chi connectivity index (χ4v) is 2.76.